The maximum Gasteiger partial charge on any atom is 0.336 e. The molecule has 0 amide bonds. The first-order valence-corrected chi connectivity index (χ1v) is 6.05. The van der Waals surface area contributed by atoms with Crippen LogP contribution in [0.1, 0.15) is 15.9 Å². The van der Waals surface area contributed by atoms with Crippen molar-refractivity contribution < 1.29 is 14.3 Å². The van der Waals surface area contributed by atoms with Gasteiger partial charge in [-0.25, -0.2) is 9.18 Å². The number of benzene rings is 1. The SMILES string of the molecule is Cn1cnnc1SCc1ccc(F)cc1C(=O)O. The van der Waals surface area contributed by atoms with Crippen molar-refractivity contribution in [1.82, 2.24) is 14.8 Å². The predicted molar refractivity (Wildman–Crippen MR) is 63.9 cm³/mol. The van der Waals surface area contributed by atoms with E-state index in [0.29, 0.717) is 16.5 Å². The van der Waals surface area contributed by atoms with Gasteiger partial charge in [0.25, 0.3) is 0 Å². The third-order valence-electron chi connectivity index (χ3n) is 2.33. The second-order valence-electron chi connectivity index (χ2n) is 3.62. The second-order valence-corrected chi connectivity index (χ2v) is 4.56. The number of thioether (sulfide) groups is 1. The molecule has 18 heavy (non-hydrogen) atoms. The van der Waals surface area contributed by atoms with Gasteiger partial charge in [0.15, 0.2) is 5.16 Å². The van der Waals surface area contributed by atoms with E-state index in [1.807, 2.05) is 0 Å². The number of carboxylic acid groups (broad SMARTS) is 1. The molecule has 0 saturated heterocycles. The minimum atomic E-state index is -1.14. The van der Waals surface area contributed by atoms with Crippen LogP contribution in [0.25, 0.3) is 0 Å². The summed E-state index contributed by atoms with van der Waals surface area (Å²) in [5.41, 5.74) is 0.529. The molecule has 1 heterocycles. The maximum absolute atomic E-state index is 13.0. The van der Waals surface area contributed by atoms with Crippen molar-refractivity contribution in [3.8, 4) is 0 Å². The fourth-order valence-electron chi connectivity index (χ4n) is 1.42. The van der Waals surface area contributed by atoms with Gasteiger partial charge >= 0.3 is 5.97 Å². The van der Waals surface area contributed by atoms with E-state index in [0.717, 1.165) is 6.07 Å². The van der Waals surface area contributed by atoms with Crippen LogP contribution in [0.5, 0.6) is 0 Å². The van der Waals surface area contributed by atoms with E-state index < -0.39 is 11.8 Å². The number of hydrogen-bond donors (Lipinski definition) is 1. The number of nitrogens with zero attached hydrogens (tertiary/aromatic N) is 3. The quantitative estimate of drug-likeness (QED) is 0.857. The van der Waals surface area contributed by atoms with Crippen LogP contribution in [0.3, 0.4) is 0 Å². The highest BCUT2D eigenvalue weighted by Gasteiger charge is 2.12. The Balaban J connectivity index is 2.19. The summed E-state index contributed by atoms with van der Waals surface area (Å²) in [7, 11) is 1.80. The summed E-state index contributed by atoms with van der Waals surface area (Å²) in [5.74, 6) is -1.29. The molecular formula is C11H10FN3O2S. The Morgan fingerprint density at radius 2 is 2.33 bits per heavy atom. The Morgan fingerprint density at radius 1 is 1.56 bits per heavy atom. The molecule has 0 bridgehead atoms. The monoisotopic (exact) mass is 267 g/mol. The molecule has 0 atom stereocenters. The molecule has 94 valence electrons. The standard InChI is InChI=1S/C11H10FN3O2S/c1-15-6-13-14-11(15)18-5-7-2-3-8(12)4-9(7)10(16)17/h2-4,6H,5H2,1H3,(H,16,17). The van der Waals surface area contributed by atoms with Gasteiger partial charge in [-0.1, -0.05) is 17.8 Å². The molecule has 1 aromatic carbocycles. The lowest BCUT2D eigenvalue weighted by molar-refractivity contribution is 0.0695. The number of carboxylic acids is 1. The minimum Gasteiger partial charge on any atom is -0.478 e. The Labute approximate surface area is 107 Å². The Bertz CT molecular complexity index is 585. The van der Waals surface area contributed by atoms with Crippen molar-refractivity contribution in [2.24, 2.45) is 7.05 Å². The van der Waals surface area contributed by atoms with Crippen LogP contribution in [0.2, 0.25) is 0 Å². The zero-order valence-electron chi connectivity index (χ0n) is 9.50. The summed E-state index contributed by atoms with van der Waals surface area (Å²) in [6.45, 7) is 0. The molecule has 2 aromatic rings. The van der Waals surface area contributed by atoms with Gasteiger partial charge in [-0.15, -0.1) is 10.2 Å². The lowest BCUT2D eigenvalue weighted by atomic mass is 10.1. The van der Waals surface area contributed by atoms with E-state index in [9.17, 15) is 9.18 Å². The van der Waals surface area contributed by atoms with Crippen molar-refractivity contribution in [3.63, 3.8) is 0 Å². The summed E-state index contributed by atoms with van der Waals surface area (Å²) in [6, 6.07) is 3.75. The topological polar surface area (TPSA) is 68.0 Å². The molecule has 0 unspecified atom stereocenters. The van der Waals surface area contributed by atoms with Gasteiger partial charge in [-0.2, -0.15) is 0 Å². The van der Waals surface area contributed by atoms with Crippen molar-refractivity contribution in [2.45, 2.75) is 10.9 Å². The molecular weight excluding hydrogens is 257 g/mol. The summed E-state index contributed by atoms with van der Waals surface area (Å²) in [4.78, 5) is 11.0. The van der Waals surface area contributed by atoms with E-state index in [1.165, 1.54) is 23.9 Å². The van der Waals surface area contributed by atoms with Crippen LogP contribution in [0, 0.1) is 5.82 Å². The predicted octanol–water partition coefficient (Wildman–Crippen LogP) is 1.94. The van der Waals surface area contributed by atoms with Gasteiger partial charge < -0.3 is 9.67 Å². The molecule has 1 aromatic heterocycles. The number of aryl methyl sites for hydroxylation is 1. The van der Waals surface area contributed by atoms with Gasteiger partial charge in [0.05, 0.1) is 5.56 Å². The van der Waals surface area contributed by atoms with Crippen LogP contribution in [0.4, 0.5) is 4.39 Å². The smallest absolute Gasteiger partial charge is 0.336 e. The highest BCUT2D eigenvalue weighted by Crippen LogP contribution is 2.22. The van der Waals surface area contributed by atoms with Crippen molar-refractivity contribution in [2.75, 3.05) is 0 Å². The van der Waals surface area contributed by atoms with E-state index in [4.69, 9.17) is 5.11 Å². The highest BCUT2D eigenvalue weighted by atomic mass is 32.2. The lowest BCUT2D eigenvalue weighted by Crippen LogP contribution is -2.02. The number of carbonyl (C=O) groups is 1. The van der Waals surface area contributed by atoms with Gasteiger partial charge in [-0.05, 0) is 17.7 Å². The summed E-state index contributed by atoms with van der Waals surface area (Å²) >= 11 is 1.35. The summed E-state index contributed by atoms with van der Waals surface area (Å²) in [6.07, 6.45) is 1.56. The van der Waals surface area contributed by atoms with Crippen LogP contribution in [-0.2, 0) is 12.8 Å². The summed E-state index contributed by atoms with van der Waals surface area (Å²) < 4.78 is 14.7. The lowest BCUT2D eigenvalue weighted by Gasteiger charge is -2.05. The normalized spacial score (nSPS) is 10.6. The van der Waals surface area contributed by atoms with Crippen LogP contribution in [0.15, 0.2) is 29.7 Å². The zero-order valence-corrected chi connectivity index (χ0v) is 10.3. The number of hydrogen-bond acceptors (Lipinski definition) is 4. The zero-order chi connectivity index (χ0) is 13.1. The van der Waals surface area contributed by atoms with Crippen molar-refractivity contribution >= 4 is 17.7 Å². The molecule has 0 fully saturated rings. The Hall–Kier alpha value is -1.89. The van der Waals surface area contributed by atoms with Gasteiger partial charge in [0, 0.05) is 12.8 Å². The number of rotatable bonds is 4. The molecule has 0 spiro atoms. The first kappa shape index (κ1) is 12.6. The molecule has 0 aliphatic carbocycles. The Morgan fingerprint density at radius 3 is 2.94 bits per heavy atom. The molecule has 0 saturated carbocycles. The highest BCUT2D eigenvalue weighted by molar-refractivity contribution is 7.98. The number of aromatic carboxylic acids is 1. The van der Waals surface area contributed by atoms with Crippen LogP contribution < -0.4 is 0 Å². The molecule has 2 rings (SSSR count). The average molecular weight is 267 g/mol. The van der Waals surface area contributed by atoms with Gasteiger partial charge in [0.1, 0.15) is 12.1 Å². The fraction of sp³-hybridized carbons (Fsp3) is 0.182. The number of halogens is 1. The fourth-order valence-corrected chi connectivity index (χ4v) is 2.31. The molecule has 0 aliphatic heterocycles. The van der Waals surface area contributed by atoms with Crippen molar-refractivity contribution in [3.05, 3.63) is 41.5 Å². The average Bonchev–Trinajstić information content (AvgIpc) is 2.73. The number of aromatic nitrogens is 3. The van der Waals surface area contributed by atoms with E-state index in [-0.39, 0.29) is 5.56 Å². The van der Waals surface area contributed by atoms with Gasteiger partial charge in [-0.3, -0.25) is 0 Å². The maximum atomic E-state index is 13.0. The molecule has 7 heteroatoms. The molecule has 1 N–H and O–H groups in total. The van der Waals surface area contributed by atoms with E-state index in [1.54, 1.807) is 17.9 Å². The third-order valence-corrected chi connectivity index (χ3v) is 3.41. The minimum absolute atomic E-state index is 0.0235. The third kappa shape index (κ3) is 2.67. The van der Waals surface area contributed by atoms with E-state index >= 15 is 0 Å². The molecule has 5 nitrogen and oxygen atoms in total. The molecule has 0 aliphatic rings. The summed E-state index contributed by atoms with van der Waals surface area (Å²) in [5, 5.41) is 17.3. The Kier molecular flexibility index (Phi) is 3.61. The van der Waals surface area contributed by atoms with E-state index in [2.05, 4.69) is 10.2 Å². The first-order valence-electron chi connectivity index (χ1n) is 5.06. The van der Waals surface area contributed by atoms with Crippen LogP contribution in [-0.4, -0.2) is 25.8 Å². The second kappa shape index (κ2) is 5.18. The van der Waals surface area contributed by atoms with Crippen LogP contribution >= 0.6 is 11.8 Å². The largest absolute Gasteiger partial charge is 0.478 e. The molecule has 0 radical (unpaired) electrons. The van der Waals surface area contributed by atoms with Crippen molar-refractivity contribution in [1.29, 1.82) is 0 Å². The first-order chi connectivity index (χ1) is 8.58. The van der Waals surface area contributed by atoms with Gasteiger partial charge in [0.2, 0.25) is 0 Å².